The Kier molecular flexibility index (Phi) is 6.70. The van der Waals surface area contributed by atoms with Crippen molar-refractivity contribution >= 4 is 11.9 Å². The number of alkyl halides is 4. The van der Waals surface area contributed by atoms with E-state index in [-0.39, 0.29) is 6.61 Å². The number of esters is 2. The SMILES string of the molecule is CCOCOC(=O)C(F)(F)C(F)(F)C(=O)OCOC. The van der Waals surface area contributed by atoms with E-state index in [1.807, 2.05) is 0 Å². The highest BCUT2D eigenvalue weighted by Gasteiger charge is 2.69. The van der Waals surface area contributed by atoms with Crippen LogP contribution in [0.5, 0.6) is 0 Å². The molecule has 0 atom stereocenters. The predicted octanol–water partition coefficient (Wildman–Crippen LogP) is 0.941. The standard InChI is InChI=1S/C9H12F4O6/c1-3-17-5-19-7(15)9(12,13)8(10,11)6(14)18-4-16-2/h3-5H2,1-2H3. The van der Waals surface area contributed by atoms with Crippen molar-refractivity contribution in [2.45, 2.75) is 18.8 Å². The first-order chi connectivity index (χ1) is 8.71. The van der Waals surface area contributed by atoms with Gasteiger partial charge in [0.05, 0.1) is 0 Å². The summed E-state index contributed by atoms with van der Waals surface area (Å²) in [5.74, 6) is -16.0. The second-order valence-electron chi connectivity index (χ2n) is 3.03. The Morgan fingerprint density at radius 1 is 0.947 bits per heavy atom. The zero-order valence-corrected chi connectivity index (χ0v) is 10.1. The van der Waals surface area contributed by atoms with Crippen LogP contribution in [-0.2, 0) is 28.5 Å². The van der Waals surface area contributed by atoms with Crippen LogP contribution in [-0.4, -0.2) is 51.1 Å². The number of halogens is 4. The molecule has 0 aromatic heterocycles. The molecule has 0 aliphatic rings. The molecule has 0 aromatic rings. The van der Waals surface area contributed by atoms with Crippen LogP contribution in [0, 0.1) is 0 Å². The topological polar surface area (TPSA) is 71.1 Å². The maximum atomic E-state index is 13.1. The molecule has 6 nitrogen and oxygen atoms in total. The molecular weight excluding hydrogens is 280 g/mol. The van der Waals surface area contributed by atoms with Crippen molar-refractivity contribution in [3.05, 3.63) is 0 Å². The molecule has 0 saturated heterocycles. The average molecular weight is 292 g/mol. The van der Waals surface area contributed by atoms with Crippen LogP contribution in [0.4, 0.5) is 17.6 Å². The van der Waals surface area contributed by atoms with Crippen LogP contribution in [0.25, 0.3) is 0 Å². The molecule has 0 spiro atoms. The molecule has 0 bridgehead atoms. The third-order valence-corrected chi connectivity index (χ3v) is 1.69. The van der Waals surface area contributed by atoms with Gasteiger partial charge in [0.1, 0.15) is 0 Å². The monoisotopic (exact) mass is 292 g/mol. The summed E-state index contributed by atoms with van der Waals surface area (Å²) in [4.78, 5) is 21.5. The van der Waals surface area contributed by atoms with Gasteiger partial charge in [-0.1, -0.05) is 0 Å². The van der Waals surface area contributed by atoms with Gasteiger partial charge in [-0.3, -0.25) is 0 Å². The van der Waals surface area contributed by atoms with Crippen LogP contribution in [0.1, 0.15) is 6.92 Å². The molecule has 0 heterocycles. The average Bonchev–Trinajstić information content (AvgIpc) is 2.35. The van der Waals surface area contributed by atoms with E-state index in [1.165, 1.54) is 6.92 Å². The van der Waals surface area contributed by atoms with E-state index in [0.717, 1.165) is 7.11 Å². The van der Waals surface area contributed by atoms with Gasteiger partial charge >= 0.3 is 23.8 Å². The van der Waals surface area contributed by atoms with Gasteiger partial charge in [0.2, 0.25) is 0 Å². The lowest BCUT2D eigenvalue weighted by Crippen LogP contribution is -2.53. The summed E-state index contributed by atoms with van der Waals surface area (Å²) >= 11 is 0. The van der Waals surface area contributed by atoms with Crippen LogP contribution >= 0.6 is 0 Å². The Bertz CT molecular complexity index is 320. The Hall–Kier alpha value is -1.42. The van der Waals surface area contributed by atoms with E-state index in [2.05, 4.69) is 18.9 Å². The van der Waals surface area contributed by atoms with Gasteiger partial charge in [-0.05, 0) is 6.92 Å². The lowest BCUT2D eigenvalue weighted by Gasteiger charge is -2.22. The largest absolute Gasteiger partial charge is 0.434 e. The first-order valence-electron chi connectivity index (χ1n) is 4.88. The van der Waals surface area contributed by atoms with Gasteiger partial charge in [0, 0.05) is 13.7 Å². The minimum Gasteiger partial charge on any atom is -0.434 e. The number of carbonyl (C=O) groups is 2. The summed E-state index contributed by atoms with van der Waals surface area (Å²) in [7, 11) is 0.986. The number of carbonyl (C=O) groups excluding carboxylic acids is 2. The van der Waals surface area contributed by atoms with Crippen molar-refractivity contribution in [3.8, 4) is 0 Å². The molecule has 0 aliphatic heterocycles. The summed E-state index contributed by atoms with van der Waals surface area (Å²) in [5, 5.41) is 0. The smallest absolute Gasteiger partial charge is 0.415 e. The van der Waals surface area contributed by atoms with Crippen LogP contribution in [0.3, 0.4) is 0 Å². The number of ether oxygens (including phenoxy) is 4. The van der Waals surface area contributed by atoms with Crippen molar-refractivity contribution in [3.63, 3.8) is 0 Å². The van der Waals surface area contributed by atoms with Crippen molar-refractivity contribution in [1.82, 2.24) is 0 Å². The minimum absolute atomic E-state index is 0.0190. The molecule has 0 N–H and O–H groups in total. The molecule has 0 radical (unpaired) electrons. The number of hydrogen-bond acceptors (Lipinski definition) is 6. The zero-order chi connectivity index (χ0) is 15.1. The second kappa shape index (κ2) is 7.24. The van der Waals surface area contributed by atoms with Gasteiger partial charge in [0.15, 0.2) is 13.6 Å². The Morgan fingerprint density at radius 2 is 1.37 bits per heavy atom. The lowest BCUT2D eigenvalue weighted by molar-refractivity contribution is -0.245. The third-order valence-electron chi connectivity index (χ3n) is 1.69. The molecular formula is C9H12F4O6. The summed E-state index contributed by atoms with van der Waals surface area (Å²) in [6.45, 7) is -0.416. The molecule has 0 amide bonds. The van der Waals surface area contributed by atoms with Gasteiger partial charge in [-0.2, -0.15) is 17.6 Å². The number of methoxy groups -OCH3 is 1. The fraction of sp³-hybridized carbons (Fsp3) is 0.778. The fourth-order valence-electron chi connectivity index (χ4n) is 0.729. The molecule has 0 aromatic carbocycles. The highest BCUT2D eigenvalue weighted by Crippen LogP contribution is 2.36. The molecule has 0 aliphatic carbocycles. The Balaban J connectivity index is 4.74. The highest BCUT2D eigenvalue weighted by molar-refractivity contribution is 5.89. The highest BCUT2D eigenvalue weighted by atomic mass is 19.3. The molecule has 0 unspecified atom stereocenters. The van der Waals surface area contributed by atoms with Gasteiger partial charge < -0.3 is 18.9 Å². The van der Waals surface area contributed by atoms with E-state index in [1.54, 1.807) is 0 Å². The quantitative estimate of drug-likeness (QED) is 0.287. The summed E-state index contributed by atoms with van der Waals surface area (Å²) in [6, 6.07) is 0. The van der Waals surface area contributed by atoms with Crippen LogP contribution in [0.15, 0.2) is 0 Å². The number of rotatable bonds is 8. The zero-order valence-electron chi connectivity index (χ0n) is 10.1. The van der Waals surface area contributed by atoms with Crippen molar-refractivity contribution in [2.75, 3.05) is 27.3 Å². The van der Waals surface area contributed by atoms with E-state index < -0.39 is 37.4 Å². The Morgan fingerprint density at radius 3 is 1.74 bits per heavy atom. The molecule has 0 fully saturated rings. The van der Waals surface area contributed by atoms with E-state index in [9.17, 15) is 27.2 Å². The lowest BCUT2D eigenvalue weighted by atomic mass is 10.2. The molecule has 112 valence electrons. The predicted molar refractivity (Wildman–Crippen MR) is 50.4 cm³/mol. The molecule has 0 rings (SSSR count). The van der Waals surface area contributed by atoms with E-state index in [0.29, 0.717) is 0 Å². The molecule has 10 heteroatoms. The Labute approximate surface area is 105 Å². The normalized spacial score (nSPS) is 12.1. The van der Waals surface area contributed by atoms with Gasteiger partial charge in [-0.15, -0.1) is 0 Å². The van der Waals surface area contributed by atoms with Crippen LogP contribution in [0.2, 0.25) is 0 Å². The molecule has 0 saturated carbocycles. The van der Waals surface area contributed by atoms with Crippen LogP contribution < -0.4 is 0 Å². The van der Waals surface area contributed by atoms with Crippen molar-refractivity contribution in [1.29, 1.82) is 0 Å². The maximum Gasteiger partial charge on any atom is 0.415 e. The van der Waals surface area contributed by atoms with Gasteiger partial charge in [-0.25, -0.2) is 9.59 Å². The summed E-state index contributed by atoms with van der Waals surface area (Å²) in [6.07, 6.45) is 0. The van der Waals surface area contributed by atoms with E-state index >= 15 is 0 Å². The second-order valence-corrected chi connectivity index (χ2v) is 3.03. The summed E-state index contributed by atoms with van der Waals surface area (Å²) < 4.78 is 68.2. The first kappa shape index (κ1) is 17.6. The maximum absolute atomic E-state index is 13.1. The third kappa shape index (κ3) is 4.31. The van der Waals surface area contributed by atoms with Crippen molar-refractivity contribution < 1.29 is 46.1 Å². The number of hydrogen-bond donors (Lipinski definition) is 0. The minimum atomic E-state index is -5.38. The fourth-order valence-corrected chi connectivity index (χ4v) is 0.729. The first-order valence-corrected chi connectivity index (χ1v) is 4.88. The molecule has 19 heavy (non-hydrogen) atoms. The van der Waals surface area contributed by atoms with E-state index in [4.69, 9.17) is 0 Å². The van der Waals surface area contributed by atoms with Crippen molar-refractivity contribution in [2.24, 2.45) is 0 Å². The van der Waals surface area contributed by atoms with Gasteiger partial charge in [0.25, 0.3) is 0 Å². The summed E-state index contributed by atoms with van der Waals surface area (Å²) in [5.41, 5.74) is 0.